The molecule has 44 heavy (non-hydrogen) atoms. The van der Waals surface area contributed by atoms with Crippen LogP contribution in [-0.4, -0.2) is 52.7 Å². The van der Waals surface area contributed by atoms with E-state index in [0.717, 1.165) is 70.7 Å². The topological polar surface area (TPSA) is 66.4 Å². The molecule has 0 bridgehead atoms. The Bertz CT molecular complexity index is 1340. The number of hydrogen-bond donors (Lipinski definition) is 0. The van der Waals surface area contributed by atoms with Gasteiger partial charge in [0.2, 0.25) is 11.9 Å². The van der Waals surface area contributed by atoms with Gasteiger partial charge in [-0.1, -0.05) is 46.8 Å². The van der Waals surface area contributed by atoms with Gasteiger partial charge >= 0.3 is 0 Å². The molecule has 5 aliphatic carbocycles. The highest BCUT2D eigenvalue weighted by Gasteiger charge is 2.72. The van der Waals surface area contributed by atoms with E-state index in [1.807, 2.05) is 6.07 Å². The number of fused-ring (bicyclic) bond motifs is 7. The highest BCUT2D eigenvalue weighted by atomic mass is 16.2. The van der Waals surface area contributed by atoms with Crippen molar-refractivity contribution >= 4 is 17.6 Å². The van der Waals surface area contributed by atoms with Crippen molar-refractivity contribution in [3.63, 3.8) is 0 Å². The summed E-state index contributed by atoms with van der Waals surface area (Å²) in [4.78, 5) is 41.4. The largest absolute Gasteiger partial charge is 0.339 e. The zero-order valence-corrected chi connectivity index (χ0v) is 28.3. The van der Waals surface area contributed by atoms with Crippen LogP contribution in [0.4, 0.5) is 5.95 Å². The fourth-order valence-electron chi connectivity index (χ4n) is 13.2. The molecule has 1 amide bonds. The summed E-state index contributed by atoms with van der Waals surface area (Å²) in [7, 11) is 0. The smallest absolute Gasteiger partial charge is 0.229 e. The molecule has 1 saturated heterocycles. The van der Waals surface area contributed by atoms with Crippen LogP contribution in [0, 0.1) is 56.7 Å². The van der Waals surface area contributed by atoms with E-state index in [2.05, 4.69) is 67.9 Å². The number of allylic oxidation sites excluding steroid dienone is 1. The Balaban J connectivity index is 1.19. The molecule has 0 aromatic carbocycles. The van der Waals surface area contributed by atoms with E-state index in [4.69, 9.17) is 0 Å². The molecule has 6 heteroatoms. The average molecular weight is 601 g/mol. The molecule has 240 valence electrons. The molecule has 9 atom stereocenters. The lowest BCUT2D eigenvalue weighted by molar-refractivity contribution is -0.234. The van der Waals surface area contributed by atoms with Crippen LogP contribution in [0.15, 0.2) is 30.6 Å². The van der Waals surface area contributed by atoms with Crippen LogP contribution in [0.3, 0.4) is 0 Å². The first kappa shape index (κ1) is 30.4. The number of carbonyl (C=O) groups excluding carboxylic acids is 2. The van der Waals surface area contributed by atoms with Gasteiger partial charge in [-0.2, -0.15) is 0 Å². The molecular weight excluding hydrogens is 544 g/mol. The summed E-state index contributed by atoms with van der Waals surface area (Å²) in [6.07, 6.45) is 14.5. The van der Waals surface area contributed by atoms with E-state index in [9.17, 15) is 9.59 Å². The lowest BCUT2D eigenvalue weighted by Crippen LogP contribution is -2.67. The summed E-state index contributed by atoms with van der Waals surface area (Å²) in [6.45, 7) is 22.2. The van der Waals surface area contributed by atoms with Crippen LogP contribution in [0.2, 0.25) is 0 Å². The molecule has 2 heterocycles. The number of amides is 1. The molecular formula is C38H56N4O2. The Hall–Kier alpha value is -2.24. The lowest BCUT2D eigenvalue weighted by atomic mass is 9.32. The predicted octanol–water partition coefficient (Wildman–Crippen LogP) is 7.35. The van der Waals surface area contributed by atoms with Crippen molar-refractivity contribution in [1.82, 2.24) is 14.9 Å². The third-order valence-corrected chi connectivity index (χ3v) is 15.6. The van der Waals surface area contributed by atoms with Gasteiger partial charge in [0.25, 0.3) is 0 Å². The second-order valence-electron chi connectivity index (χ2n) is 17.3. The van der Waals surface area contributed by atoms with Crippen molar-refractivity contribution in [2.75, 3.05) is 31.1 Å². The molecule has 1 aromatic heterocycles. The summed E-state index contributed by atoms with van der Waals surface area (Å²) in [5, 5.41) is 0. The molecule has 6 aliphatic rings. The number of hydrogen-bond acceptors (Lipinski definition) is 5. The SMILES string of the molecule is C=C(C)[C@@H]1CC[C@]2(C(=O)N3CCN(c4ncccn4)CC3)CC[C@]3(C)[C@H](CC[C@@H]4[C@@]5(C)CCC(=O)C(C)(C)[C@@H]5CC[C@]43C)[C@@H]12. The van der Waals surface area contributed by atoms with E-state index in [1.165, 1.54) is 31.3 Å². The Morgan fingerprint density at radius 2 is 1.55 bits per heavy atom. The van der Waals surface area contributed by atoms with E-state index in [0.29, 0.717) is 41.3 Å². The molecule has 0 N–H and O–H groups in total. The van der Waals surface area contributed by atoms with Crippen LogP contribution in [0.1, 0.15) is 106 Å². The van der Waals surface area contributed by atoms with Crippen LogP contribution >= 0.6 is 0 Å². The standard InChI is InChI=1S/C38H56N4O2/c1-25(2)26-11-16-38(32(44)41-21-23-42(24-22-41)33-39-19-8-20-40-33)18-17-36(6)27(31(26)38)9-10-29-35(5)14-13-30(43)34(3,4)28(35)12-15-37(29,36)7/h8,19-20,26-29,31H,1,9-18,21-24H2,2-7H3/t26-,27+,28-,29+,31+,35-,36+,37+,38-/m0/s1. The molecule has 0 unspecified atom stereocenters. The van der Waals surface area contributed by atoms with Gasteiger partial charge in [-0.15, -0.1) is 0 Å². The van der Waals surface area contributed by atoms with Crippen molar-refractivity contribution in [2.45, 2.75) is 106 Å². The number of anilines is 1. The summed E-state index contributed by atoms with van der Waals surface area (Å²) in [5.41, 5.74) is 1.46. The average Bonchev–Trinajstić information content (AvgIpc) is 3.41. The summed E-state index contributed by atoms with van der Waals surface area (Å²) >= 11 is 0. The molecule has 6 nitrogen and oxygen atoms in total. The van der Waals surface area contributed by atoms with Crippen molar-refractivity contribution < 1.29 is 9.59 Å². The Labute approximate surface area is 265 Å². The molecule has 5 saturated carbocycles. The third-order valence-electron chi connectivity index (χ3n) is 15.6. The minimum atomic E-state index is -0.261. The fourth-order valence-corrected chi connectivity index (χ4v) is 13.2. The second-order valence-corrected chi connectivity index (χ2v) is 17.3. The minimum absolute atomic E-state index is 0.200. The molecule has 1 aliphatic heterocycles. The molecule has 7 rings (SSSR count). The van der Waals surface area contributed by atoms with Crippen molar-refractivity contribution in [3.05, 3.63) is 30.6 Å². The van der Waals surface area contributed by atoms with Gasteiger partial charge in [0.1, 0.15) is 5.78 Å². The normalized spacial score (nSPS) is 44.7. The van der Waals surface area contributed by atoms with Gasteiger partial charge in [-0.05, 0) is 117 Å². The van der Waals surface area contributed by atoms with Gasteiger partial charge < -0.3 is 9.80 Å². The summed E-state index contributed by atoms with van der Waals surface area (Å²) in [6, 6.07) is 1.86. The minimum Gasteiger partial charge on any atom is -0.339 e. The van der Waals surface area contributed by atoms with Crippen LogP contribution in [0.25, 0.3) is 0 Å². The zero-order chi connectivity index (χ0) is 31.3. The monoisotopic (exact) mass is 600 g/mol. The van der Waals surface area contributed by atoms with E-state index in [1.54, 1.807) is 12.4 Å². The Kier molecular flexibility index (Phi) is 7.00. The highest BCUT2D eigenvalue weighted by molar-refractivity contribution is 5.86. The highest BCUT2D eigenvalue weighted by Crippen LogP contribution is 2.77. The summed E-state index contributed by atoms with van der Waals surface area (Å²) in [5.74, 6) is 4.16. The summed E-state index contributed by atoms with van der Waals surface area (Å²) < 4.78 is 0. The van der Waals surface area contributed by atoms with E-state index in [-0.39, 0.29) is 27.1 Å². The van der Waals surface area contributed by atoms with Gasteiger partial charge in [0.05, 0.1) is 5.41 Å². The quantitative estimate of drug-likeness (QED) is 0.340. The fraction of sp³-hybridized carbons (Fsp3) is 0.789. The molecule has 0 spiro atoms. The number of aromatic nitrogens is 2. The first-order valence-electron chi connectivity index (χ1n) is 17.8. The van der Waals surface area contributed by atoms with Gasteiger partial charge in [-0.25, -0.2) is 9.97 Å². The molecule has 6 fully saturated rings. The maximum Gasteiger partial charge on any atom is 0.229 e. The van der Waals surface area contributed by atoms with E-state index < -0.39 is 0 Å². The number of carbonyl (C=O) groups is 2. The van der Waals surface area contributed by atoms with Gasteiger partial charge in [-0.3, -0.25) is 9.59 Å². The third kappa shape index (κ3) is 3.96. The number of ketones is 1. The second kappa shape index (κ2) is 10.1. The number of Topliss-reactive ketones (excluding diaryl/α,β-unsaturated/α-hetero) is 1. The van der Waals surface area contributed by atoms with Crippen molar-refractivity contribution in [2.24, 2.45) is 56.7 Å². The van der Waals surface area contributed by atoms with Gasteiger partial charge in [0.15, 0.2) is 0 Å². The first-order valence-corrected chi connectivity index (χ1v) is 17.8. The van der Waals surface area contributed by atoms with Crippen molar-refractivity contribution in [1.29, 1.82) is 0 Å². The van der Waals surface area contributed by atoms with E-state index >= 15 is 0 Å². The van der Waals surface area contributed by atoms with Crippen LogP contribution < -0.4 is 4.90 Å². The Morgan fingerprint density at radius 1 is 0.841 bits per heavy atom. The maximum absolute atomic E-state index is 14.9. The lowest BCUT2D eigenvalue weighted by Gasteiger charge is -2.72. The number of piperazine rings is 1. The zero-order valence-electron chi connectivity index (χ0n) is 28.3. The van der Waals surface area contributed by atoms with Crippen LogP contribution in [-0.2, 0) is 9.59 Å². The van der Waals surface area contributed by atoms with Crippen LogP contribution in [0.5, 0.6) is 0 Å². The number of rotatable bonds is 3. The maximum atomic E-state index is 14.9. The van der Waals surface area contributed by atoms with Crippen molar-refractivity contribution in [3.8, 4) is 0 Å². The predicted molar refractivity (Wildman–Crippen MR) is 175 cm³/mol. The first-order chi connectivity index (χ1) is 20.8. The Morgan fingerprint density at radius 3 is 2.23 bits per heavy atom. The number of nitrogens with zero attached hydrogens (tertiary/aromatic N) is 4. The molecule has 0 radical (unpaired) electrons. The van der Waals surface area contributed by atoms with Gasteiger partial charge in [0, 0.05) is 50.4 Å². The molecule has 1 aromatic rings.